The summed E-state index contributed by atoms with van der Waals surface area (Å²) in [5.41, 5.74) is -0.746. The van der Waals surface area contributed by atoms with E-state index in [0.29, 0.717) is 5.56 Å². The molecular formula is C33H57O11P. The van der Waals surface area contributed by atoms with Crippen molar-refractivity contribution in [2.24, 2.45) is 11.3 Å². The quantitative estimate of drug-likeness (QED) is 0.124. The van der Waals surface area contributed by atoms with Crippen LogP contribution in [0.3, 0.4) is 0 Å². The van der Waals surface area contributed by atoms with E-state index in [1.807, 2.05) is 41.5 Å². The number of ether oxygens (including phenoxy) is 3. The van der Waals surface area contributed by atoms with Crippen LogP contribution in [-0.2, 0) is 53.4 Å². The van der Waals surface area contributed by atoms with Crippen molar-refractivity contribution in [2.75, 3.05) is 20.8 Å². The summed E-state index contributed by atoms with van der Waals surface area (Å²) in [6.45, 7) is 20.7. The topological polar surface area (TPSA) is 141 Å². The van der Waals surface area contributed by atoms with E-state index >= 15 is 0 Å². The Balaban J connectivity index is 0. The van der Waals surface area contributed by atoms with Gasteiger partial charge in [-0.25, -0.2) is 4.57 Å². The predicted octanol–water partition coefficient (Wildman–Crippen LogP) is 7.67. The van der Waals surface area contributed by atoms with Gasteiger partial charge in [0.15, 0.2) is 5.78 Å². The minimum Gasteiger partial charge on any atom is -0.469 e. The van der Waals surface area contributed by atoms with E-state index in [1.54, 1.807) is 46.8 Å². The molecule has 1 fully saturated rings. The molecule has 1 aliphatic heterocycles. The van der Waals surface area contributed by atoms with Gasteiger partial charge in [-0.1, -0.05) is 67.5 Å². The fourth-order valence-electron chi connectivity index (χ4n) is 3.90. The largest absolute Gasteiger partial charge is 0.530 e. The molecule has 1 aromatic rings. The normalized spacial score (nSPS) is 18.9. The molecule has 0 aromatic heterocycles. The van der Waals surface area contributed by atoms with E-state index in [1.165, 1.54) is 26.4 Å². The lowest BCUT2D eigenvalue weighted by Gasteiger charge is -2.39. The molecule has 1 saturated heterocycles. The van der Waals surface area contributed by atoms with Gasteiger partial charge in [0.05, 0.1) is 33.2 Å². The number of phosphoric ester groups is 1. The van der Waals surface area contributed by atoms with Crippen LogP contribution in [0.2, 0.25) is 0 Å². The first kappa shape index (κ1) is 44.4. The first-order valence-corrected chi connectivity index (χ1v) is 17.1. The zero-order valence-corrected chi connectivity index (χ0v) is 30.5. The monoisotopic (exact) mass is 660 g/mol. The Hall–Kier alpha value is -2.75. The van der Waals surface area contributed by atoms with Gasteiger partial charge >= 0.3 is 25.7 Å². The van der Waals surface area contributed by atoms with Crippen LogP contribution >= 0.6 is 7.82 Å². The second-order valence-electron chi connectivity index (χ2n) is 11.0. The molecule has 0 amide bonds. The van der Waals surface area contributed by atoms with Gasteiger partial charge in [0.1, 0.15) is 17.5 Å². The molecule has 1 aromatic carbocycles. The Morgan fingerprint density at radius 2 is 1.47 bits per heavy atom. The first-order chi connectivity index (χ1) is 21.1. The average Bonchev–Trinajstić information content (AvgIpc) is 3.00. The SMILES string of the molecule is CC.CC.CC.COC(=O)CCCC(=O)[C@@H]1O[P@](=O)(Oc2ccc(C[C@H](CC(=O)OC(C)(C)C)C(=O)OC)cc2)OCC1(C)C. The number of ketones is 1. The molecule has 0 bridgehead atoms. The smallest absolute Gasteiger partial charge is 0.469 e. The highest BCUT2D eigenvalue weighted by Crippen LogP contribution is 2.57. The van der Waals surface area contributed by atoms with Crippen LogP contribution in [0.15, 0.2) is 24.3 Å². The number of carbonyl (C=O) groups excluding carboxylic acids is 4. The van der Waals surface area contributed by atoms with Crippen molar-refractivity contribution in [3.8, 4) is 5.75 Å². The summed E-state index contributed by atoms with van der Waals surface area (Å²) in [7, 11) is -1.61. The number of Topliss-reactive ketones (excluding diaryl/α,β-unsaturated/α-hetero) is 1. The molecule has 0 aliphatic carbocycles. The third-order valence-electron chi connectivity index (χ3n) is 5.85. The van der Waals surface area contributed by atoms with Gasteiger partial charge in [-0.15, -0.1) is 0 Å². The maximum Gasteiger partial charge on any atom is 0.530 e. The fraction of sp³-hybridized carbons (Fsp3) is 0.697. The van der Waals surface area contributed by atoms with Gasteiger partial charge < -0.3 is 18.7 Å². The van der Waals surface area contributed by atoms with Crippen LogP contribution in [0.4, 0.5) is 0 Å². The van der Waals surface area contributed by atoms with Crippen molar-refractivity contribution in [3.05, 3.63) is 29.8 Å². The number of phosphoric acid groups is 1. The Kier molecular flexibility index (Phi) is 21.6. The van der Waals surface area contributed by atoms with E-state index < -0.39 is 48.8 Å². The van der Waals surface area contributed by atoms with Crippen molar-refractivity contribution >= 4 is 31.5 Å². The lowest BCUT2D eigenvalue weighted by Crippen LogP contribution is -2.45. The molecule has 12 heteroatoms. The molecule has 0 radical (unpaired) electrons. The molecule has 1 heterocycles. The van der Waals surface area contributed by atoms with Crippen LogP contribution in [0.5, 0.6) is 5.75 Å². The van der Waals surface area contributed by atoms with Crippen LogP contribution in [0, 0.1) is 11.3 Å². The van der Waals surface area contributed by atoms with E-state index in [-0.39, 0.29) is 50.2 Å². The standard InChI is InChI=1S/C27H39O11P.3C2H6/c1-26(2,3)36-23(30)16-19(25(31)34-7)15-18-11-13-20(14-12-18)37-39(32)35-17-27(4,5)24(38-39)21(28)9-8-10-22(29)33-6;3*1-2/h11-14,19,24H,8-10,15-17H2,1-7H3;3*1-2H3/t19-,24+,39+;;;/m1.../s1. The molecule has 11 nitrogen and oxygen atoms in total. The number of benzene rings is 1. The van der Waals surface area contributed by atoms with Crippen LogP contribution in [0.1, 0.15) is 107 Å². The van der Waals surface area contributed by atoms with Crippen molar-refractivity contribution in [1.29, 1.82) is 0 Å². The maximum absolute atomic E-state index is 13.3. The van der Waals surface area contributed by atoms with Crippen molar-refractivity contribution in [2.45, 2.75) is 120 Å². The number of methoxy groups -OCH3 is 2. The van der Waals surface area contributed by atoms with Crippen LogP contribution < -0.4 is 4.52 Å². The third-order valence-corrected chi connectivity index (χ3v) is 7.20. The number of esters is 3. The minimum atomic E-state index is -4.13. The molecule has 0 spiro atoms. The number of hydrogen-bond acceptors (Lipinski definition) is 11. The summed E-state index contributed by atoms with van der Waals surface area (Å²) in [4.78, 5) is 48.7. The first-order valence-electron chi connectivity index (χ1n) is 15.7. The van der Waals surface area contributed by atoms with E-state index in [0.717, 1.165) is 0 Å². The second kappa shape index (κ2) is 21.9. The number of carbonyl (C=O) groups is 4. The third kappa shape index (κ3) is 16.9. The van der Waals surface area contributed by atoms with Gasteiger partial charge in [-0.05, 0) is 51.3 Å². The molecule has 3 atom stereocenters. The maximum atomic E-state index is 13.3. The van der Waals surface area contributed by atoms with Gasteiger partial charge in [-0.3, -0.25) is 28.2 Å². The summed E-state index contributed by atoms with van der Waals surface area (Å²) in [5.74, 6) is -2.38. The van der Waals surface area contributed by atoms with Gasteiger partial charge in [0.25, 0.3) is 0 Å². The van der Waals surface area contributed by atoms with E-state index in [4.69, 9.17) is 23.0 Å². The number of rotatable bonds is 12. The van der Waals surface area contributed by atoms with E-state index in [9.17, 15) is 23.7 Å². The molecule has 1 aliphatic rings. The Morgan fingerprint density at radius 1 is 0.911 bits per heavy atom. The lowest BCUT2D eigenvalue weighted by atomic mass is 9.84. The highest BCUT2D eigenvalue weighted by Gasteiger charge is 2.49. The summed E-state index contributed by atoms with van der Waals surface area (Å²) < 4.78 is 44.6. The molecular weight excluding hydrogens is 603 g/mol. The molecule has 0 N–H and O–H groups in total. The molecule has 0 unspecified atom stereocenters. The summed E-state index contributed by atoms with van der Waals surface area (Å²) >= 11 is 0. The minimum absolute atomic E-state index is 0.0404. The Bertz CT molecular complexity index is 1080. The van der Waals surface area contributed by atoms with Crippen molar-refractivity contribution in [3.63, 3.8) is 0 Å². The second-order valence-corrected chi connectivity index (χ2v) is 12.6. The molecule has 45 heavy (non-hydrogen) atoms. The summed E-state index contributed by atoms with van der Waals surface area (Å²) in [5, 5.41) is 0. The average molecular weight is 661 g/mol. The Labute approximate surface area is 270 Å². The van der Waals surface area contributed by atoms with Crippen LogP contribution in [-0.4, -0.2) is 56.2 Å². The molecule has 0 saturated carbocycles. The van der Waals surface area contributed by atoms with Crippen molar-refractivity contribution < 1.29 is 51.5 Å². The fourth-order valence-corrected chi connectivity index (χ4v) is 5.58. The van der Waals surface area contributed by atoms with Crippen molar-refractivity contribution in [1.82, 2.24) is 0 Å². The predicted molar refractivity (Wildman–Crippen MR) is 174 cm³/mol. The zero-order chi connectivity index (χ0) is 35.4. The highest BCUT2D eigenvalue weighted by molar-refractivity contribution is 7.49. The molecule has 260 valence electrons. The molecule has 2 rings (SSSR count). The van der Waals surface area contributed by atoms with Gasteiger partial charge in [0.2, 0.25) is 0 Å². The van der Waals surface area contributed by atoms with Gasteiger partial charge in [-0.2, -0.15) is 0 Å². The van der Waals surface area contributed by atoms with Crippen LogP contribution in [0.25, 0.3) is 0 Å². The highest BCUT2D eigenvalue weighted by atomic mass is 31.2. The Morgan fingerprint density at radius 3 is 1.96 bits per heavy atom. The summed E-state index contributed by atoms with van der Waals surface area (Å²) in [6, 6.07) is 6.35. The lowest BCUT2D eigenvalue weighted by molar-refractivity contribution is -0.160. The van der Waals surface area contributed by atoms with Gasteiger partial charge in [0, 0.05) is 18.3 Å². The number of hydrogen-bond donors (Lipinski definition) is 0. The zero-order valence-electron chi connectivity index (χ0n) is 29.6. The summed E-state index contributed by atoms with van der Waals surface area (Å²) in [6.07, 6.45) is -0.599. The van der Waals surface area contributed by atoms with E-state index in [2.05, 4.69) is 4.74 Å².